The first-order valence-electron chi connectivity index (χ1n) is 11.4. The van der Waals surface area contributed by atoms with Gasteiger partial charge in [-0.2, -0.15) is 8.42 Å². The molecule has 3 atom stereocenters. The van der Waals surface area contributed by atoms with Crippen LogP contribution in [-0.4, -0.2) is 60.4 Å². The molecule has 10 heteroatoms. The quantitative estimate of drug-likeness (QED) is 0.143. The average Bonchev–Trinajstić information content (AvgIpc) is 2.87. The number of aryl methyl sites for hydroxylation is 2. The Kier molecular flexibility index (Phi) is 10.6. The van der Waals surface area contributed by atoms with Crippen LogP contribution in [0.1, 0.15) is 21.5 Å². The van der Waals surface area contributed by atoms with Crippen LogP contribution in [0.2, 0.25) is 0 Å². The van der Waals surface area contributed by atoms with E-state index in [1.54, 1.807) is 30.3 Å². The fraction of sp³-hybridized carbons (Fsp3) is 0.296. The van der Waals surface area contributed by atoms with Crippen molar-refractivity contribution in [2.45, 2.75) is 46.5 Å². The van der Waals surface area contributed by atoms with Crippen LogP contribution in [-0.2, 0) is 19.0 Å². The predicted molar refractivity (Wildman–Crippen MR) is 146 cm³/mol. The molecule has 0 bridgehead atoms. The molecule has 3 aromatic carbocycles. The van der Waals surface area contributed by atoms with E-state index in [2.05, 4.69) is 0 Å². The summed E-state index contributed by atoms with van der Waals surface area (Å²) in [7, 11) is -4.07. The number of ether oxygens (including phenoxy) is 1. The van der Waals surface area contributed by atoms with Gasteiger partial charge in [0.05, 0.1) is 16.4 Å². The topological polar surface area (TPSA) is 110 Å². The summed E-state index contributed by atoms with van der Waals surface area (Å²) < 4.78 is 33.8. The lowest BCUT2D eigenvalue weighted by Crippen LogP contribution is -2.47. The summed E-state index contributed by atoms with van der Waals surface area (Å²) in [6.45, 7) is 3.36. The Morgan fingerprint density at radius 1 is 0.838 bits per heavy atom. The molecule has 0 saturated carbocycles. The second kappa shape index (κ2) is 13.5. The number of aliphatic hydroxyl groups excluding tert-OH is 2. The second-order valence-corrected chi connectivity index (χ2v) is 12.8. The molecule has 0 spiro atoms. The van der Waals surface area contributed by atoms with Gasteiger partial charge in [-0.05, 0) is 50.2 Å². The number of esters is 1. The molecule has 0 radical (unpaired) electrons. The fourth-order valence-electron chi connectivity index (χ4n) is 3.28. The fourth-order valence-corrected chi connectivity index (χ4v) is 6.50. The van der Waals surface area contributed by atoms with E-state index in [9.17, 15) is 23.4 Å². The van der Waals surface area contributed by atoms with Crippen LogP contribution in [0.4, 0.5) is 0 Å². The molecular weight excluding hydrogens is 532 g/mol. The van der Waals surface area contributed by atoms with Crippen LogP contribution in [0.25, 0.3) is 0 Å². The third-order valence-electron chi connectivity index (χ3n) is 5.22. The Morgan fingerprint density at radius 3 is 1.78 bits per heavy atom. The summed E-state index contributed by atoms with van der Waals surface area (Å²) in [5, 5.41) is 22.2. The summed E-state index contributed by atoms with van der Waals surface area (Å²) in [5.74, 6) is -0.688. The first kappa shape index (κ1) is 29.2. The van der Waals surface area contributed by atoms with Crippen LogP contribution in [0.5, 0.6) is 0 Å². The van der Waals surface area contributed by atoms with Crippen molar-refractivity contribution in [1.29, 1.82) is 0 Å². The maximum Gasteiger partial charge on any atom is 0.338 e. The standard InChI is InChI=1S/C27H30O7S3/c1-18-9-13-21(14-10-18)35-27(36-22-15-11-19(2)12-16-22)24(29)25(34-37(3,31)32)23(28)17-33-26(30)20-7-5-4-6-8-20/h4-16,23-25,27-29H,17H2,1-3H3/t23-,24-,25+/m1/s1. The lowest BCUT2D eigenvalue weighted by molar-refractivity contribution is -0.0596. The molecule has 37 heavy (non-hydrogen) atoms. The molecule has 0 heterocycles. The van der Waals surface area contributed by atoms with Crippen molar-refractivity contribution in [1.82, 2.24) is 0 Å². The molecule has 0 fully saturated rings. The van der Waals surface area contributed by atoms with Gasteiger partial charge in [-0.15, -0.1) is 23.5 Å². The number of hydrogen-bond donors (Lipinski definition) is 2. The van der Waals surface area contributed by atoms with Crippen molar-refractivity contribution in [2.24, 2.45) is 0 Å². The number of carbonyl (C=O) groups is 1. The van der Waals surface area contributed by atoms with E-state index in [-0.39, 0.29) is 5.56 Å². The number of benzene rings is 3. The van der Waals surface area contributed by atoms with Gasteiger partial charge in [0.2, 0.25) is 0 Å². The summed E-state index contributed by atoms with van der Waals surface area (Å²) in [4.78, 5) is 14.0. The van der Waals surface area contributed by atoms with Crippen molar-refractivity contribution in [3.63, 3.8) is 0 Å². The SMILES string of the molecule is Cc1ccc(SC(Sc2ccc(C)cc2)[C@H](O)[C@@H](OS(C)(=O)=O)[C@H](O)COC(=O)c2ccccc2)cc1. The predicted octanol–water partition coefficient (Wildman–Crippen LogP) is 4.44. The van der Waals surface area contributed by atoms with Gasteiger partial charge in [0.25, 0.3) is 10.1 Å². The van der Waals surface area contributed by atoms with E-state index in [1.807, 2.05) is 62.4 Å². The molecule has 0 aromatic heterocycles. The van der Waals surface area contributed by atoms with Crippen molar-refractivity contribution in [2.75, 3.05) is 12.9 Å². The number of aliphatic hydroxyl groups is 2. The van der Waals surface area contributed by atoms with Crippen LogP contribution < -0.4 is 0 Å². The van der Waals surface area contributed by atoms with Crippen molar-refractivity contribution in [3.05, 3.63) is 95.6 Å². The van der Waals surface area contributed by atoms with Gasteiger partial charge in [0, 0.05) is 9.79 Å². The molecule has 0 amide bonds. The lowest BCUT2D eigenvalue weighted by Gasteiger charge is -2.31. The molecule has 0 aliphatic carbocycles. The van der Waals surface area contributed by atoms with Crippen LogP contribution in [0.3, 0.4) is 0 Å². The maximum absolute atomic E-state index is 12.3. The van der Waals surface area contributed by atoms with Crippen LogP contribution in [0.15, 0.2) is 88.7 Å². The number of carbonyl (C=O) groups excluding carboxylic acids is 1. The molecule has 0 saturated heterocycles. The van der Waals surface area contributed by atoms with Crippen LogP contribution in [0, 0.1) is 13.8 Å². The number of thioether (sulfide) groups is 2. The zero-order valence-electron chi connectivity index (χ0n) is 20.7. The van der Waals surface area contributed by atoms with E-state index < -0.39 is 45.6 Å². The Morgan fingerprint density at radius 2 is 1.32 bits per heavy atom. The van der Waals surface area contributed by atoms with Gasteiger partial charge < -0.3 is 14.9 Å². The average molecular weight is 563 g/mol. The summed E-state index contributed by atoms with van der Waals surface area (Å²) >= 11 is 2.63. The highest BCUT2D eigenvalue weighted by molar-refractivity contribution is 8.17. The van der Waals surface area contributed by atoms with E-state index in [0.717, 1.165) is 27.2 Å². The van der Waals surface area contributed by atoms with Gasteiger partial charge in [-0.1, -0.05) is 53.6 Å². The minimum atomic E-state index is -4.07. The second-order valence-electron chi connectivity index (χ2n) is 8.52. The molecule has 198 valence electrons. The molecule has 2 N–H and O–H groups in total. The van der Waals surface area contributed by atoms with E-state index >= 15 is 0 Å². The molecule has 0 unspecified atom stereocenters. The third-order valence-corrected chi connectivity index (χ3v) is 8.48. The molecule has 3 rings (SSSR count). The largest absolute Gasteiger partial charge is 0.459 e. The van der Waals surface area contributed by atoms with Crippen molar-refractivity contribution in [3.8, 4) is 0 Å². The summed E-state index contributed by atoms with van der Waals surface area (Å²) in [6, 6.07) is 23.5. The minimum absolute atomic E-state index is 0.276. The molecule has 0 aliphatic heterocycles. The monoisotopic (exact) mass is 562 g/mol. The highest BCUT2D eigenvalue weighted by atomic mass is 32.2. The zero-order valence-corrected chi connectivity index (χ0v) is 23.1. The first-order chi connectivity index (χ1) is 17.5. The first-order valence-corrected chi connectivity index (χ1v) is 15.0. The number of hydrogen-bond acceptors (Lipinski definition) is 9. The van der Waals surface area contributed by atoms with E-state index in [1.165, 1.54) is 23.5 Å². The van der Waals surface area contributed by atoms with E-state index in [4.69, 9.17) is 8.92 Å². The minimum Gasteiger partial charge on any atom is -0.459 e. The third kappa shape index (κ3) is 9.48. The van der Waals surface area contributed by atoms with Gasteiger partial charge in [0.15, 0.2) is 0 Å². The van der Waals surface area contributed by atoms with Gasteiger partial charge in [-0.25, -0.2) is 4.79 Å². The summed E-state index contributed by atoms with van der Waals surface area (Å²) in [5.41, 5.74) is 2.42. The van der Waals surface area contributed by atoms with Gasteiger partial charge in [0.1, 0.15) is 24.9 Å². The lowest BCUT2D eigenvalue weighted by atomic mass is 10.1. The van der Waals surface area contributed by atoms with Crippen molar-refractivity contribution < 1.29 is 32.3 Å². The normalized spacial score (nSPS) is 14.2. The zero-order chi connectivity index (χ0) is 27.0. The Bertz CT molecular complexity index is 1200. The Labute approximate surface area is 226 Å². The highest BCUT2D eigenvalue weighted by Crippen LogP contribution is 2.39. The smallest absolute Gasteiger partial charge is 0.338 e. The summed E-state index contributed by atoms with van der Waals surface area (Å²) in [6.07, 6.45) is -3.82. The van der Waals surface area contributed by atoms with E-state index in [0.29, 0.717) is 0 Å². The van der Waals surface area contributed by atoms with Gasteiger partial charge in [-0.3, -0.25) is 4.18 Å². The van der Waals surface area contributed by atoms with Crippen molar-refractivity contribution >= 4 is 39.6 Å². The highest BCUT2D eigenvalue weighted by Gasteiger charge is 2.38. The van der Waals surface area contributed by atoms with Gasteiger partial charge >= 0.3 is 5.97 Å². The molecule has 3 aromatic rings. The molecule has 0 aliphatic rings. The number of rotatable bonds is 12. The van der Waals surface area contributed by atoms with Crippen LogP contribution >= 0.6 is 23.5 Å². The maximum atomic E-state index is 12.3. The molecular formula is C27H30O7S3. The Hall–Kier alpha value is -2.34. The molecule has 7 nitrogen and oxygen atoms in total. The Balaban J connectivity index is 1.84.